The molecule has 0 saturated carbocycles. The van der Waals surface area contributed by atoms with Gasteiger partial charge in [0.05, 0.1) is 0 Å². The summed E-state index contributed by atoms with van der Waals surface area (Å²) < 4.78 is 6.09. The van der Waals surface area contributed by atoms with Crippen molar-refractivity contribution in [2.24, 2.45) is 5.92 Å². The van der Waals surface area contributed by atoms with Crippen LogP contribution in [0.5, 0.6) is 0 Å². The molecule has 2 amide bonds. The van der Waals surface area contributed by atoms with Crippen LogP contribution in [0.3, 0.4) is 0 Å². The van der Waals surface area contributed by atoms with Crippen LogP contribution >= 0.6 is 15.9 Å². The van der Waals surface area contributed by atoms with Gasteiger partial charge < -0.3 is 15.4 Å². The van der Waals surface area contributed by atoms with Crippen LogP contribution in [-0.2, 0) is 16.1 Å². The van der Waals surface area contributed by atoms with Crippen molar-refractivity contribution in [3.05, 3.63) is 64.6 Å². The molecule has 0 aliphatic heterocycles. The van der Waals surface area contributed by atoms with Gasteiger partial charge in [-0.1, -0.05) is 66.2 Å². The number of ether oxygens (including phenoxy) is 1. The summed E-state index contributed by atoms with van der Waals surface area (Å²) in [6.07, 6.45) is -0.0933. The highest BCUT2D eigenvalue weighted by Gasteiger charge is 2.22. The van der Waals surface area contributed by atoms with Gasteiger partial charge in [-0.3, -0.25) is 4.79 Å². The van der Waals surface area contributed by atoms with E-state index in [1.807, 2.05) is 56.3 Å². The number of carbonyl (C=O) groups excluding carboxylic acids is 2. The molecule has 0 unspecified atom stereocenters. The van der Waals surface area contributed by atoms with Crippen molar-refractivity contribution in [3.63, 3.8) is 0 Å². The number of anilines is 1. The van der Waals surface area contributed by atoms with E-state index in [4.69, 9.17) is 4.74 Å². The molecular weight excluding hydrogens is 396 g/mol. The van der Waals surface area contributed by atoms with Crippen molar-refractivity contribution < 1.29 is 14.3 Å². The predicted octanol–water partition coefficient (Wildman–Crippen LogP) is 4.73. The van der Waals surface area contributed by atoms with Crippen molar-refractivity contribution >= 4 is 33.6 Å². The minimum atomic E-state index is -0.669. The fraction of sp³-hybridized carbons (Fsp3) is 0.300. The van der Waals surface area contributed by atoms with Crippen LogP contribution in [0, 0.1) is 5.92 Å². The zero-order valence-electron chi connectivity index (χ0n) is 14.9. The number of hydrogen-bond donors (Lipinski definition) is 2. The summed E-state index contributed by atoms with van der Waals surface area (Å²) in [5.74, 6) is -0.0313. The molecule has 2 aromatic carbocycles. The molecule has 1 atom stereocenters. The second-order valence-corrected chi connectivity index (χ2v) is 7.30. The first kappa shape index (κ1) is 20.0. The van der Waals surface area contributed by atoms with Crippen molar-refractivity contribution in [1.82, 2.24) is 5.32 Å². The van der Waals surface area contributed by atoms with Gasteiger partial charge in [0.2, 0.25) is 5.91 Å². The van der Waals surface area contributed by atoms with Crippen LogP contribution in [0.15, 0.2) is 59.1 Å². The summed E-state index contributed by atoms with van der Waals surface area (Å²) in [5.41, 5.74) is 1.55. The molecule has 0 bridgehead atoms. The number of nitrogens with one attached hydrogen (secondary N) is 2. The third-order valence-electron chi connectivity index (χ3n) is 3.62. The lowest BCUT2D eigenvalue weighted by Gasteiger charge is -2.20. The van der Waals surface area contributed by atoms with E-state index in [2.05, 4.69) is 26.6 Å². The molecule has 0 fully saturated rings. The number of amides is 2. The Morgan fingerprint density at radius 3 is 2.46 bits per heavy atom. The molecule has 2 N–H and O–H groups in total. The topological polar surface area (TPSA) is 67.4 Å². The maximum absolute atomic E-state index is 12.6. The summed E-state index contributed by atoms with van der Waals surface area (Å²) in [5, 5.41) is 5.50. The molecule has 0 saturated heterocycles. The zero-order valence-corrected chi connectivity index (χ0v) is 16.5. The van der Waals surface area contributed by atoms with Crippen LogP contribution in [0.25, 0.3) is 0 Å². The van der Waals surface area contributed by atoms with Gasteiger partial charge in [0, 0.05) is 10.2 Å². The van der Waals surface area contributed by atoms with Crippen molar-refractivity contribution in [1.29, 1.82) is 0 Å². The number of rotatable bonds is 7. The van der Waals surface area contributed by atoms with Gasteiger partial charge in [0.1, 0.15) is 12.6 Å². The Labute approximate surface area is 162 Å². The fourth-order valence-corrected chi connectivity index (χ4v) is 2.80. The number of alkyl carbamates (subject to hydrolysis) is 1. The Morgan fingerprint density at radius 2 is 1.81 bits per heavy atom. The van der Waals surface area contributed by atoms with Gasteiger partial charge in [-0.15, -0.1) is 0 Å². The molecule has 0 spiro atoms. The summed E-state index contributed by atoms with van der Waals surface area (Å²) in [4.78, 5) is 24.7. The van der Waals surface area contributed by atoms with E-state index >= 15 is 0 Å². The summed E-state index contributed by atoms with van der Waals surface area (Å²) >= 11 is 3.37. The van der Waals surface area contributed by atoms with Crippen LogP contribution in [-0.4, -0.2) is 18.0 Å². The molecule has 6 heteroatoms. The lowest BCUT2D eigenvalue weighted by atomic mass is 10.0. The zero-order chi connectivity index (χ0) is 18.9. The SMILES string of the molecule is CC(C)C[C@H](NC(=O)OCc1ccccc1)C(=O)Nc1cccc(Br)c1. The van der Waals surface area contributed by atoms with Gasteiger partial charge in [0.25, 0.3) is 0 Å². The first-order chi connectivity index (χ1) is 12.4. The molecule has 2 aromatic rings. The third kappa shape index (κ3) is 6.88. The van der Waals surface area contributed by atoms with Crippen LogP contribution < -0.4 is 10.6 Å². The largest absolute Gasteiger partial charge is 0.445 e. The Balaban J connectivity index is 1.94. The van der Waals surface area contributed by atoms with Gasteiger partial charge in [-0.05, 0) is 36.1 Å². The quantitative estimate of drug-likeness (QED) is 0.682. The highest BCUT2D eigenvalue weighted by molar-refractivity contribution is 9.10. The first-order valence-corrected chi connectivity index (χ1v) is 9.27. The summed E-state index contributed by atoms with van der Waals surface area (Å²) in [7, 11) is 0. The highest BCUT2D eigenvalue weighted by Crippen LogP contribution is 2.16. The Kier molecular flexibility index (Phi) is 7.66. The molecule has 0 aliphatic rings. The second kappa shape index (κ2) is 9.97. The number of carbonyl (C=O) groups is 2. The summed E-state index contributed by atoms with van der Waals surface area (Å²) in [6, 6.07) is 16.0. The molecule has 26 heavy (non-hydrogen) atoms. The average molecular weight is 419 g/mol. The Hall–Kier alpha value is -2.34. The molecule has 0 aliphatic carbocycles. The maximum atomic E-state index is 12.6. The van der Waals surface area contributed by atoms with Crippen LogP contribution in [0.1, 0.15) is 25.8 Å². The molecule has 0 heterocycles. The third-order valence-corrected chi connectivity index (χ3v) is 4.11. The maximum Gasteiger partial charge on any atom is 0.408 e. The normalized spacial score (nSPS) is 11.7. The van der Waals surface area contributed by atoms with E-state index in [0.717, 1.165) is 10.0 Å². The minimum absolute atomic E-state index is 0.161. The second-order valence-electron chi connectivity index (χ2n) is 6.39. The monoisotopic (exact) mass is 418 g/mol. The standard InChI is InChI=1S/C20H23BrN2O3/c1-14(2)11-18(19(24)22-17-10-6-9-16(21)12-17)23-20(25)26-13-15-7-4-3-5-8-15/h3-10,12,14,18H,11,13H2,1-2H3,(H,22,24)(H,23,25)/t18-/m0/s1. The van der Waals surface area contributed by atoms with E-state index in [9.17, 15) is 9.59 Å². The van der Waals surface area contributed by atoms with E-state index < -0.39 is 12.1 Å². The molecule has 5 nitrogen and oxygen atoms in total. The van der Waals surface area contributed by atoms with E-state index in [1.165, 1.54) is 0 Å². The van der Waals surface area contributed by atoms with Crippen LogP contribution in [0.4, 0.5) is 10.5 Å². The Bertz CT molecular complexity index is 735. The van der Waals surface area contributed by atoms with Gasteiger partial charge in [-0.25, -0.2) is 4.79 Å². The molecule has 2 rings (SSSR count). The fourth-order valence-electron chi connectivity index (χ4n) is 2.41. The van der Waals surface area contributed by atoms with E-state index in [0.29, 0.717) is 12.1 Å². The first-order valence-electron chi connectivity index (χ1n) is 8.47. The van der Waals surface area contributed by atoms with E-state index in [1.54, 1.807) is 12.1 Å². The van der Waals surface area contributed by atoms with Gasteiger partial charge >= 0.3 is 6.09 Å². The van der Waals surface area contributed by atoms with Crippen molar-refractivity contribution in [2.45, 2.75) is 32.9 Å². The highest BCUT2D eigenvalue weighted by atomic mass is 79.9. The number of hydrogen-bond acceptors (Lipinski definition) is 3. The molecule has 0 aromatic heterocycles. The van der Waals surface area contributed by atoms with Crippen molar-refractivity contribution in [3.8, 4) is 0 Å². The molecule has 138 valence electrons. The van der Waals surface area contributed by atoms with Crippen LogP contribution in [0.2, 0.25) is 0 Å². The predicted molar refractivity (Wildman–Crippen MR) is 106 cm³/mol. The molecular formula is C20H23BrN2O3. The van der Waals surface area contributed by atoms with Gasteiger partial charge in [-0.2, -0.15) is 0 Å². The Morgan fingerprint density at radius 1 is 1.08 bits per heavy atom. The average Bonchev–Trinajstić information content (AvgIpc) is 2.60. The van der Waals surface area contributed by atoms with Gasteiger partial charge in [0.15, 0.2) is 0 Å². The van der Waals surface area contributed by atoms with Crippen molar-refractivity contribution in [2.75, 3.05) is 5.32 Å². The smallest absolute Gasteiger partial charge is 0.408 e. The van der Waals surface area contributed by atoms with E-state index in [-0.39, 0.29) is 18.4 Å². The lowest BCUT2D eigenvalue weighted by molar-refractivity contribution is -0.118. The lowest BCUT2D eigenvalue weighted by Crippen LogP contribution is -2.44. The number of halogens is 1. The minimum Gasteiger partial charge on any atom is -0.445 e. The molecule has 0 radical (unpaired) electrons. The number of benzene rings is 2. The summed E-state index contributed by atoms with van der Waals surface area (Å²) in [6.45, 7) is 4.15.